The Balaban J connectivity index is 1.65. The van der Waals surface area contributed by atoms with E-state index in [1.54, 1.807) is 35.4 Å². The van der Waals surface area contributed by atoms with Gasteiger partial charge in [0.25, 0.3) is 5.56 Å². The van der Waals surface area contributed by atoms with Gasteiger partial charge in [0, 0.05) is 24.2 Å². The van der Waals surface area contributed by atoms with Crippen LogP contribution in [-0.4, -0.2) is 40.4 Å². The molecule has 2 aromatic heterocycles. The SMILES string of the molecule is COc1cc2nc(SCC(=O)Nc3nccs3)n(CCC3=CCCCC3)c(=O)c2cc1OC. The third-order valence-electron chi connectivity index (χ3n) is 5.48. The van der Waals surface area contributed by atoms with Crippen molar-refractivity contribution >= 4 is 45.0 Å². The molecular weight excluding hydrogens is 460 g/mol. The zero-order valence-electron chi connectivity index (χ0n) is 18.6. The first-order valence-electron chi connectivity index (χ1n) is 10.8. The lowest BCUT2D eigenvalue weighted by Crippen LogP contribution is -2.25. The van der Waals surface area contributed by atoms with Crippen LogP contribution in [-0.2, 0) is 11.3 Å². The number of methoxy groups -OCH3 is 2. The van der Waals surface area contributed by atoms with Gasteiger partial charge in [-0.05, 0) is 38.2 Å². The predicted octanol–water partition coefficient (Wildman–Crippen LogP) is 4.49. The Morgan fingerprint density at radius 1 is 1.24 bits per heavy atom. The fourth-order valence-corrected chi connectivity index (χ4v) is 5.16. The number of carbonyl (C=O) groups excluding carboxylic acids is 1. The monoisotopic (exact) mass is 486 g/mol. The van der Waals surface area contributed by atoms with Crippen molar-refractivity contribution in [1.29, 1.82) is 0 Å². The van der Waals surface area contributed by atoms with Gasteiger partial charge in [0.05, 0.1) is 30.9 Å². The van der Waals surface area contributed by atoms with Crippen LogP contribution in [0.25, 0.3) is 10.9 Å². The second-order valence-corrected chi connectivity index (χ2v) is 9.44. The van der Waals surface area contributed by atoms with E-state index < -0.39 is 0 Å². The maximum absolute atomic E-state index is 13.5. The van der Waals surface area contributed by atoms with E-state index >= 15 is 0 Å². The first-order valence-corrected chi connectivity index (χ1v) is 12.6. The third kappa shape index (κ3) is 5.56. The molecule has 10 heteroatoms. The average molecular weight is 487 g/mol. The van der Waals surface area contributed by atoms with E-state index in [0.717, 1.165) is 19.3 Å². The lowest BCUT2D eigenvalue weighted by Gasteiger charge is -2.17. The molecule has 1 aliphatic rings. The highest BCUT2D eigenvalue weighted by atomic mass is 32.2. The number of nitrogens with one attached hydrogen (secondary N) is 1. The van der Waals surface area contributed by atoms with Crippen molar-refractivity contribution < 1.29 is 14.3 Å². The maximum atomic E-state index is 13.5. The van der Waals surface area contributed by atoms with Crippen molar-refractivity contribution in [2.24, 2.45) is 0 Å². The van der Waals surface area contributed by atoms with Gasteiger partial charge < -0.3 is 14.8 Å². The van der Waals surface area contributed by atoms with Crippen molar-refractivity contribution in [3.8, 4) is 11.5 Å². The van der Waals surface area contributed by atoms with Gasteiger partial charge in [-0.3, -0.25) is 14.2 Å². The second-order valence-electron chi connectivity index (χ2n) is 7.61. The van der Waals surface area contributed by atoms with Crippen LogP contribution in [0.1, 0.15) is 32.1 Å². The molecule has 0 bridgehead atoms. The lowest BCUT2D eigenvalue weighted by molar-refractivity contribution is -0.113. The van der Waals surface area contributed by atoms with E-state index in [4.69, 9.17) is 14.5 Å². The summed E-state index contributed by atoms with van der Waals surface area (Å²) in [6.45, 7) is 0.512. The minimum Gasteiger partial charge on any atom is -0.493 e. The van der Waals surface area contributed by atoms with Crippen LogP contribution >= 0.6 is 23.1 Å². The largest absolute Gasteiger partial charge is 0.493 e. The topological polar surface area (TPSA) is 95.3 Å². The standard InChI is InChI=1S/C23H26N4O4S2/c1-30-18-12-16-17(13-19(18)31-2)25-23(33-14-20(28)26-22-24-9-11-32-22)27(21(16)29)10-8-15-6-4-3-5-7-15/h6,9,11-13H,3-5,7-8,10,14H2,1-2H3,(H,24,26,28). The fourth-order valence-electron chi connectivity index (χ4n) is 3.79. The molecule has 8 nitrogen and oxygen atoms in total. The molecule has 0 fully saturated rings. The number of carbonyl (C=O) groups is 1. The molecule has 33 heavy (non-hydrogen) atoms. The molecular formula is C23H26N4O4S2. The Labute approximate surface area is 200 Å². The van der Waals surface area contributed by atoms with Crippen molar-refractivity contribution in [1.82, 2.24) is 14.5 Å². The van der Waals surface area contributed by atoms with Gasteiger partial charge in [-0.1, -0.05) is 23.4 Å². The Morgan fingerprint density at radius 2 is 2.06 bits per heavy atom. The predicted molar refractivity (Wildman–Crippen MR) is 132 cm³/mol. The highest BCUT2D eigenvalue weighted by molar-refractivity contribution is 7.99. The summed E-state index contributed by atoms with van der Waals surface area (Å²) in [5.41, 5.74) is 1.73. The van der Waals surface area contributed by atoms with Crippen LogP contribution in [0.4, 0.5) is 5.13 Å². The summed E-state index contributed by atoms with van der Waals surface area (Å²) in [6, 6.07) is 3.37. The summed E-state index contributed by atoms with van der Waals surface area (Å²) >= 11 is 2.60. The Morgan fingerprint density at radius 3 is 2.76 bits per heavy atom. The fraction of sp³-hybridized carbons (Fsp3) is 0.391. The summed E-state index contributed by atoms with van der Waals surface area (Å²) in [5.74, 6) is 0.902. The number of fused-ring (bicyclic) bond motifs is 1. The van der Waals surface area contributed by atoms with E-state index in [2.05, 4.69) is 16.4 Å². The average Bonchev–Trinajstić information content (AvgIpc) is 3.35. The third-order valence-corrected chi connectivity index (χ3v) is 7.14. The van der Waals surface area contributed by atoms with Gasteiger partial charge in [0.2, 0.25) is 5.91 Å². The van der Waals surface area contributed by atoms with Crippen molar-refractivity contribution in [3.05, 3.63) is 45.7 Å². The number of ether oxygens (including phenoxy) is 2. The van der Waals surface area contributed by atoms with Crippen LogP contribution in [0.5, 0.6) is 11.5 Å². The van der Waals surface area contributed by atoms with E-state index in [1.807, 2.05) is 0 Å². The molecule has 0 spiro atoms. The summed E-state index contributed by atoms with van der Waals surface area (Å²) < 4.78 is 12.4. The Kier molecular flexibility index (Phi) is 7.66. The zero-order valence-corrected chi connectivity index (χ0v) is 20.3. The van der Waals surface area contributed by atoms with Gasteiger partial charge in [0.1, 0.15) is 0 Å². The smallest absolute Gasteiger partial charge is 0.262 e. The molecule has 4 rings (SSSR count). The normalized spacial score (nSPS) is 13.6. The van der Waals surface area contributed by atoms with Crippen LogP contribution in [0, 0.1) is 0 Å². The molecule has 0 radical (unpaired) electrons. The molecule has 1 aliphatic carbocycles. The molecule has 0 unspecified atom stereocenters. The van der Waals surface area contributed by atoms with Crippen LogP contribution in [0.15, 0.2) is 45.3 Å². The molecule has 0 aliphatic heterocycles. The Bertz CT molecular complexity index is 1220. The number of rotatable bonds is 9. The van der Waals surface area contributed by atoms with E-state index in [1.165, 1.54) is 48.6 Å². The number of allylic oxidation sites excluding steroid dienone is 2. The number of thiazole rings is 1. The molecule has 3 aromatic rings. The molecule has 0 saturated carbocycles. The van der Waals surface area contributed by atoms with Gasteiger partial charge in [-0.15, -0.1) is 11.3 Å². The number of anilines is 1. The molecule has 1 N–H and O–H groups in total. The number of hydrogen-bond acceptors (Lipinski definition) is 8. The highest BCUT2D eigenvalue weighted by Crippen LogP contribution is 2.31. The second kappa shape index (κ2) is 10.8. The highest BCUT2D eigenvalue weighted by Gasteiger charge is 2.17. The maximum Gasteiger partial charge on any atom is 0.262 e. The van der Waals surface area contributed by atoms with Gasteiger partial charge in [0.15, 0.2) is 21.8 Å². The van der Waals surface area contributed by atoms with Crippen LogP contribution < -0.4 is 20.3 Å². The molecule has 1 amide bonds. The number of hydrogen-bond donors (Lipinski definition) is 1. The number of benzene rings is 1. The molecule has 2 heterocycles. The van der Waals surface area contributed by atoms with Gasteiger partial charge in [-0.25, -0.2) is 9.97 Å². The molecule has 0 saturated heterocycles. The first kappa shape index (κ1) is 23.3. The molecule has 174 valence electrons. The number of thioether (sulfide) groups is 1. The van der Waals surface area contributed by atoms with Gasteiger partial charge >= 0.3 is 0 Å². The van der Waals surface area contributed by atoms with E-state index in [-0.39, 0.29) is 17.2 Å². The molecule has 1 aromatic carbocycles. The minimum absolute atomic E-state index is 0.119. The van der Waals surface area contributed by atoms with E-state index in [9.17, 15) is 9.59 Å². The van der Waals surface area contributed by atoms with Crippen molar-refractivity contribution in [3.63, 3.8) is 0 Å². The number of aromatic nitrogens is 3. The summed E-state index contributed by atoms with van der Waals surface area (Å²) in [5, 5.41) is 6.08. The zero-order chi connectivity index (χ0) is 23.2. The van der Waals surface area contributed by atoms with Crippen molar-refractivity contribution in [2.75, 3.05) is 25.3 Å². The quantitative estimate of drug-likeness (QED) is 0.270. The minimum atomic E-state index is -0.196. The van der Waals surface area contributed by atoms with Crippen molar-refractivity contribution in [2.45, 2.75) is 43.8 Å². The molecule has 0 atom stereocenters. The Hall–Kier alpha value is -2.85. The number of amides is 1. The van der Waals surface area contributed by atoms with E-state index in [0.29, 0.717) is 39.2 Å². The van der Waals surface area contributed by atoms with Gasteiger partial charge in [-0.2, -0.15) is 0 Å². The summed E-state index contributed by atoms with van der Waals surface area (Å²) in [6.07, 6.45) is 9.28. The van der Waals surface area contributed by atoms with Crippen LogP contribution in [0.2, 0.25) is 0 Å². The van der Waals surface area contributed by atoms with Crippen LogP contribution in [0.3, 0.4) is 0 Å². The number of nitrogens with zero attached hydrogens (tertiary/aromatic N) is 3. The lowest BCUT2D eigenvalue weighted by atomic mass is 9.97. The summed E-state index contributed by atoms with van der Waals surface area (Å²) in [7, 11) is 3.08. The summed E-state index contributed by atoms with van der Waals surface area (Å²) in [4.78, 5) is 34.7. The first-order chi connectivity index (χ1) is 16.1.